The molecule has 2 aromatic carbocycles. The van der Waals surface area contributed by atoms with Gasteiger partial charge in [-0.1, -0.05) is 17.7 Å². The molecule has 4 aromatic rings. The quantitative estimate of drug-likeness (QED) is 0.560. The monoisotopic (exact) mass is 391 g/mol. The van der Waals surface area contributed by atoms with Gasteiger partial charge in [-0.15, -0.1) is 11.3 Å². The zero-order valence-electron chi connectivity index (χ0n) is 15.1. The second kappa shape index (κ2) is 7.66. The Hall–Kier alpha value is -3.45. The highest BCUT2D eigenvalue weighted by atomic mass is 32.1. The summed E-state index contributed by atoms with van der Waals surface area (Å²) in [5, 5.41) is 4.67. The first-order valence-electron chi connectivity index (χ1n) is 8.65. The number of nitrogens with one attached hydrogen (secondary N) is 1. The number of benzene rings is 2. The molecule has 140 valence electrons. The summed E-state index contributed by atoms with van der Waals surface area (Å²) in [6, 6.07) is 15.9. The molecule has 7 heteroatoms. The van der Waals surface area contributed by atoms with E-state index in [9.17, 15) is 9.59 Å². The molecule has 6 nitrogen and oxygen atoms in total. The van der Waals surface area contributed by atoms with Crippen molar-refractivity contribution in [2.24, 2.45) is 0 Å². The van der Waals surface area contributed by atoms with E-state index in [-0.39, 0.29) is 18.1 Å². The van der Waals surface area contributed by atoms with Crippen molar-refractivity contribution < 1.29 is 9.53 Å². The average Bonchev–Trinajstić information content (AvgIpc) is 3.17. The fraction of sp³-hybridized carbons (Fsp3) is 0.0952. The Morgan fingerprint density at radius 1 is 1.14 bits per heavy atom. The van der Waals surface area contributed by atoms with Crippen molar-refractivity contribution in [1.29, 1.82) is 0 Å². The first-order chi connectivity index (χ1) is 13.6. The lowest BCUT2D eigenvalue weighted by atomic mass is 10.1. The molecule has 4 rings (SSSR count). The maximum atomic E-state index is 12.3. The molecular weight excluding hydrogens is 374 g/mol. The van der Waals surface area contributed by atoms with Crippen LogP contribution in [-0.4, -0.2) is 15.3 Å². The molecule has 1 N–H and O–H groups in total. The van der Waals surface area contributed by atoms with E-state index in [2.05, 4.69) is 10.3 Å². The molecule has 0 aliphatic rings. The van der Waals surface area contributed by atoms with E-state index in [1.807, 2.05) is 24.4 Å². The van der Waals surface area contributed by atoms with E-state index < -0.39 is 0 Å². The summed E-state index contributed by atoms with van der Waals surface area (Å²) in [5.41, 5.74) is 2.83. The van der Waals surface area contributed by atoms with Gasteiger partial charge >= 0.3 is 0 Å². The Morgan fingerprint density at radius 2 is 1.89 bits per heavy atom. The summed E-state index contributed by atoms with van der Waals surface area (Å²) < 4.78 is 7.21. The third-order valence-electron chi connectivity index (χ3n) is 4.17. The Bertz CT molecular complexity index is 1180. The van der Waals surface area contributed by atoms with Crippen molar-refractivity contribution in [1.82, 2.24) is 9.38 Å². The zero-order valence-corrected chi connectivity index (χ0v) is 15.9. The SMILES string of the molecule is Cc1ccc(C(=O)Nc2ccc(OCc3cc(=O)n4ccsc4n3)cc2)cc1. The number of aromatic nitrogens is 2. The van der Waals surface area contributed by atoms with Crippen LogP contribution in [0.15, 0.2) is 71.0 Å². The minimum Gasteiger partial charge on any atom is -0.487 e. The number of carbonyl (C=O) groups excluding carboxylic acids is 1. The van der Waals surface area contributed by atoms with Gasteiger partial charge in [-0.3, -0.25) is 14.0 Å². The minimum absolute atomic E-state index is 0.126. The maximum Gasteiger partial charge on any atom is 0.258 e. The van der Waals surface area contributed by atoms with E-state index in [1.165, 1.54) is 21.8 Å². The van der Waals surface area contributed by atoms with E-state index in [0.29, 0.717) is 27.7 Å². The van der Waals surface area contributed by atoms with Gasteiger partial charge in [0, 0.05) is 28.9 Å². The second-order valence-corrected chi connectivity index (χ2v) is 7.15. The Morgan fingerprint density at radius 3 is 2.64 bits per heavy atom. The first kappa shape index (κ1) is 17.9. The van der Waals surface area contributed by atoms with Gasteiger partial charge < -0.3 is 10.1 Å². The van der Waals surface area contributed by atoms with Crippen molar-refractivity contribution >= 4 is 27.9 Å². The van der Waals surface area contributed by atoms with Crippen LogP contribution in [0.4, 0.5) is 5.69 Å². The summed E-state index contributed by atoms with van der Waals surface area (Å²) in [7, 11) is 0. The number of nitrogens with zero attached hydrogens (tertiary/aromatic N) is 2. The number of amides is 1. The second-order valence-electron chi connectivity index (χ2n) is 6.27. The highest BCUT2D eigenvalue weighted by Gasteiger charge is 2.07. The maximum absolute atomic E-state index is 12.3. The van der Waals surface area contributed by atoms with Gasteiger partial charge in [0.25, 0.3) is 11.5 Å². The van der Waals surface area contributed by atoms with Crippen molar-refractivity contribution in [2.75, 3.05) is 5.32 Å². The summed E-state index contributed by atoms with van der Waals surface area (Å²) in [5.74, 6) is 0.462. The van der Waals surface area contributed by atoms with Crippen LogP contribution in [0.25, 0.3) is 4.96 Å². The van der Waals surface area contributed by atoms with Crippen LogP contribution < -0.4 is 15.6 Å². The first-order valence-corrected chi connectivity index (χ1v) is 9.53. The van der Waals surface area contributed by atoms with Crippen LogP contribution in [0.2, 0.25) is 0 Å². The van der Waals surface area contributed by atoms with Gasteiger partial charge in [-0.2, -0.15) is 0 Å². The summed E-state index contributed by atoms with van der Waals surface area (Å²) >= 11 is 1.40. The van der Waals surface area contributed by atoms with Crippen LogP contribution in [0.1, 0.15) is 21.6 Å². The van der Waals surface area contributed by atoms with Crippen LogP contribution in [0.5, 0.6) is 5.75 Å². The lowest BCUT2D eigenvalue weighted by Gasteiger charge is -2.08. The van der Waals surface area contributed by atoms with Gasteiger partial charge in [-0.25, -0.2) is 4.98 Å². The normalized spacial score (nSPS) is 10.8. The largest absolute Gasteiger partial charge is 0.487 e. The molecule has 2 heterocycles. The van der Waals surface area contributed by atoms with E-state index in [4.69, 9.17) is 4.74 Å². The van der Waals surface area contributed by atoms with E-state index in [1.54, 1.807) is 42.6 Å². The van der Waals surface area contributed by atoms with Crippen LogP contribution >= 0.6 is 11.3 Å². The van der Waals surface area contributed by atoms with Crippen LogP contribution in [-0.2, 0) is 6.61 Å². The predicted molar refractivity (Wildman–Crippen MR) is 109 cm³/mol. The molecule has 0 radical (unpaired) electrons. The van der Waals surface area contributed by atoms with Crippen molar-refractivity contribution in [2.45, 2.75) is 13.5 Å². The Balaban J connectivity index is 1.39. The molecule has 0 fully saturated rings. The fourth-order valence-electron chi connectivity index (χ4n) is 2.66. The molecular formula is C21H17N3O3S. The molecule has 1 amide bonds. The molecule has 28 heavy (non-hydrogen) atoms. The molecule has 0 spiro atoms. The van der Waals surface area contributed by atoms with Crippen molar-refractivity contribution in [3.63, 3.8) is 0 Å². The smallest absolute Gasteiger partial charge is 0.258 e. The average molecular weight is 391 g/mol. The van der Waals surface area contributed by atoms with Gasteiger partial charge in [-0.05, 0) is 43.3 Å². The Labute approximate surface area is 165 Å². The number of hydrogen-bond acceptors (Lipinski definition) is 5. The fourth-order valence-corrected chi connectivity index (χ4v) is 3.40. The Kier molecular flexibility index (Phi) is 4.90. The number of hydrogen-bond donors (Lipinski definition) is 1. The van der Waals surface area contributed by atoms with Crippen LogP contribution in [0.3, 0.4) is 0 Å². The molecule has 0 saturated heterocycles. The topological polar surface area (TPSA) is 72.7 Å². The number of thiazole rings is 1. The lowest BCUT2D eigenvalue weighted by molar-refractivity contribution is 0.102. The number of aryl methyl sites for hydroxylation is 1. The van der Waals surface area contributed by atoms with Gasteiger partial charge in [0.15, 0.2) is 4.96 Å². The van der Waals surface area contributed by atoms with E-state index >= 15 is 0 Å². The molecule has 0 aliphatic heterocycles. The molecule has 0 unspecified atom stereocenters. The highest BCUT2D eigenvalue weighted by Crippen LogP contribution is 2.18. The van der Waals surface area contributed by atoms with E-state index in [0.717, 1.165) is 5.56 Å². The summed E-state index contributed by atoms with van der Waals surface area (Å²) in [6.45, 7) is 2.17. The van der Waals surface area contributed by atoms with Gasteiger partial charge in [0.2, 0.25) is 0 Å². The third kappa shape index (κ3) is 3.94. The number of carbonyl (C=O) groups is 1. The van der Waals surface area contributed by atoms with Gasteiger partial charge in [0.05, 0.1) is 5.69 Å². The van der Waals surface area contributed by atoms with Crippen molar-refractivity contribution in [3.05, 3.63) is 93.3 Å². The molecule has 0 aliphatic carbocycles. The summed E-state index contributed by atoms with van der Waals surface area (Å²) in [4.78, 5) is 29.3. The highest BCUT2D eigenvalue weighted by molar-refractivity contribution is 7.15. The summed E-state index contributed by atoms with van der Waals surface area (Å²) in [6.07, 6.45) is 1.70. The number of ether oxygens (including phenoxy) is 1. The number of rotatable bonds is 5. The molecule has 0 atom stereocenters. The van der Waals surface area contributed by atoms with Gasteiger partial charge in [0.1, 0.15) is 12.4 Å². The third-order valence-corrected chi connectivity index (χ3v) is 4.93. The number of fused-ring (bicyclic) bond motifs is 1. The molecule has 2 aromatic heterocycles. The molecule has 0 bridgehead atoms. The lowest BCUT2D eigenvalue weighted by Crippen LogP contribution is -2.14. The number of anilines is 1. The molecule has 0 saturated carbocycles. The van der Waals surface area contributed by atoms with Crippen LogP contribution in [0, 0.1) is 6.92 Å². The predicted octanol–water partition coefficient (Wildman–Crippen LogP) is 3.90. The van der Waals surface area contributed by atoms with Crippen molar-refractivity contribution in [3.8, 4) is 5.75 Å². The standard InChI is InChI=1S/C21H17N3O3S/c1-14-2-4-15(5-3-14)20(26)22-16-6-8-18(9-7-16)27-13-17-12-19(25)24-10-11-28-21(24)23-17/h2-12H,13H2,1H3,(H,22,26). The zero-order chi connectivity index (χ0) is 19.5. The minimum atomic E-state index is -0.164.